The van der Waals surface area contributed by atoms with E-state index in [4.69, 9.17) is 0 Å². The molecule has 0 amide bonds. The predicted molar refractivity (Wildman–Crippen MR) is 53.6 cm³/mol. The van der Waals surface area contributed by atoms with Crippen molar-refractivity contribution in [3.8, 4) is 0 Å². The number of aromatic amines is 1. The third-order valence-corrected chi connectivity index (χ3v) is 3.37. The lowest BCUT2D eigenvalue weighted by Gasteiger charge is -2.36. The molecule has 0 radical (unpaired) electrons. The first-order valence-corrected chi connectivity index (χ1v) is 5.19. The largest absolute Gasteiger partial charge is 0.348 e. The van der Waals surface area contributed by atoms with Crippen LogP contribution in [0.3, 0.4) is 0 Å². The summed E-state index contributed by atoms with van der Waals surface area (Å²) < 4.78 is 0. The van der Waals surface area contributed by atoms with E-state index in [0.29, 0.717) is 5.41 Å². The summed E-state index contributed by atoms with van der Waals surface area (Å²) >= 11 is 0. The Labute approximate surface area is 79.8 Å². The van der Waals surface area contributed by atoms with Crippen LogP contribution in [0.4, 0.5) is 0 Å². The van der Waals surface area contributed by atoms with Crippen molar-refractivity contribution >= 4 is 0 Å². The highest BCUT2D eigenvalue weighted by Gasteiger charge is 2.32. The van der Waals surface area contributed by atoms with Crippen molar-refractivity contribution in [2.24, 2.45) is 5.92 Å². The second kappa shape index (κ2) is 3.17. The number of hydrogen-bond acceptors (Lipinski definition) is 1. The fraction of sp³-hybridized carbons (Fsp3) is 0.727. The van der Waals surface area contributed by atoms with E-state index < -0.39 is 0 Å². The molecule has 1 aromatic heterocycles. The standard InChI is InChI=1S/C11H18N2/c1-9-4-3-5-11(2,6-9)10-7-12-8-13-10/h7-9H,3-6H2,1-2H3,(H,12,13). The summed E-state index contributed by atoms with van der Waals surface area (Å²) in [7, 11) is 0. The van der Waals surface area contributed by atoms with Crippen LogP contribution in [0.25, 0.3) is 0 Å². The molecule has 0 bridgehead atoms. The van der Waals surface area contributed by atoms with E-state index in [1.165, 1.54) is 31.4 Å². The van der Waals surface area contributed by atoms with Gasteiger partial charge >= 0.3 is 0 Å². The van der Waals surface area contributed by atoms with Crippen LogP contribution < -0.4 is 0 Å². The summed E-state index contributed by atoms with van der Waals surface area (Å²) in [6, 6.07) is 0. The van der Waals surface area contributed by atoms with Crippen LogP contribution in [0, 0.1) is 5.92 Å². The van der Waals surface area contributed by atoms with Crippen LogP contribution >= 0.6 is 0 Å². The quantitative estimate of drug-likeness (QED) is 0.703. The number of nitrogens with one attached hydrogen (secondary N) is 1. The molecule has 0 spiro atoms. The predicted octanol–water partition coefficient (Wildman–Crippen LogP) is 2.88. The second-order valence-corrected chi connectivity index (χ2v) is 4.73. The SMILES string of the molecule is CC1CCCC(C)(c2cnc[nH]2)C1. The zero-order chi connectivity index (χ0) is 9.31. The van der Waals surface area contributed by atoms with Gasteiger partial charge in [-0.3, -0.25) is 0 Å². The molecular formula is C11H18N2. The fourth-order valence-electron chi connectivity index (χ4n) is 2.64. The molecule has 0 aromatic carbocycles. The monoisotopic (exact) mass is 178 g/mol. The Hall–Kier alpha value is -0.790. The van der Waals surface area contributed by atoms with Gasteiger partial charge < -0.3 is 4.98 Å². The van der Waals surface area contributed by atoms with E-state index in [-0.39, 0.29) is 0 Å². The van der Waals surface area contributed by atoms with Gasteiger partial charge in [0.05, 0.1) is 6.33 Å². The average Bonchev–Trinajstić information content (AvgIpc) is 2.55. The van der Waals surface area contributed by atoms with Gasteiger partial charge in [0.1, 0.15) is 0 Å². The summed E-state index contributed by atoms with van der Waals surface area (Å²) in [6.45, 7) is 4.71. The molecule has 2 unspecified atom stereocenters. The van der Waals surface area contributed by atoms with Crippen molar-refractivity contribution in [2.45, 2.75) is 44.9 Å². The Morgan fingerprint density at radius 2 is 2.46 bits per heavy atom. The molecule has 72 valence electrons. The van der Waals surface area contributed by atoms with Gasteiger partial charge in [-0.05, 0) is 18.8 Å². The molecule has 1 aliphatic rings. The molecule has 2 heteroatoms. The average molecular weight is 178 g/mol. The van der Waals surface area contributed by atoms with Gasteiger partial charge in [0.25, 0.3) is 0 Å². The molecule has 1 heterocycles. The van der Waals surface area contributed by atoms with Crippen molar-refractivity contribution in [1.29, 1.82) is 0 Å². The van der Waals surface area contributed by atoms with Crippen molar-refractivity contribution < 1.29 is 0 Å². The lowest BCUT2D eigenvalue weighted by atomic mass is 9.70. The Bertz CT molecular complexity index is 266. The van der Waals surface area contributed by atoms with E-state index in [2.05, 4.69) is 23.8 Å². The maximum atomic E-state index is 4.11. The molecule has 1 fully saturated rings. The van der Waals surface area contributed by atoms with Crippen LogP contribution in [0.15, 0.2) is 12.5 Å². The van der Waals surface area contributed by atoms with Gasteiger partial charge in [0.15, 0.2) is 0 Å². The van der Waals surface area contributed by atoms with E-state index in [9.17, 15) is 0 Å². The van der Waals surface area contributed by atoms with Crippen LogP contribution in [0.2, 0.25) is 0 Å². The smallest absolute Gasteiger partial charge is 0.0921 e. The van der Waals surface area contributed by atoms with E-state index in [1.54, 1.807) is 6.33 Å². The summed E-state index contributed by atoms with van der Waals surface area (Å²) in [6.07, 6.45) is 9.13. The van der Waals surface area contributed by atoms with Crippen molar-refractivity contribution in [2.75, 3.05) is 0 Å². The molecule has 1 aliphatic carbocycles. The van der Waals surface area contributed by atoms with Gasteiger partial charge in [0, 0.05) is 17.3 Å². The van der Waals surface area contributed by atoms with Crippen LogP contribution in [0.1, 0.15) is 45.2 Å². The highest BCUT2D eigenvalue weighted by Crippen LogP contribution is 2.40. The molecule has 1 aromatic rings. The third-order valence-electron chi connectivity index (χ3n) is 3.37. The Kier molecular flexibility index (Phi) is 2.14. The summed E-state index contributed by atoms with van der Waals surface area (Å²) in [5.74, 6) is 0.863. The Morgan fingerprint density at radius 1 is 1.62 bits per heavy atom. The number of H-pyrrole nitrogens is 1. The zero-order valence-electron chi connectivity index (χ0n) is 8.51. The minimum atomic E-state index is 0.355. The highest BCUT2D eigenvalue weighted by molar-refractivity contribution is 5.13. The maximum absolute atomic E-state index is 4.11. The lowest BCUT2D eigenvalue weighted by Crippen LogP contribution is -2.29. The normalized spacial score (nSPS) is 34.8. The molecule has 2 nitrogen and oxygen atoms in total. The number of rotatable bonds is 1. The Balaban J connectivity index is 2.20. The van der Waals surface area contributed by atoms with E-state index in [0.717, 1.165) is 5.92 Å². The first kappa shape index (κ1) is 8.79. The first-order chi connectivity index (χ1) is 6.21. The molecule has 1 saturated carbocycles. The minimum Gasteiger partial charge on any atom is -0.348 e. The Morgan fingerprint density at radius 3 is 3.08 bits per heavy atom. The molecule has 1 N–H and O–H groups in total. The summed E-state index contributed by atoms with van der Waals surface area (Å²) in [5, 5.41) is 0. The highest BCUT2D eigenvalue weighted by atomic mass is 14.9. The van der Waals surface area contributed by atoms with Gasteiger partial charge in [-0.2, -0.15) is 0 Å². The van der Waals surface area contributed by atoms with Crippen LogP contribution in [-0.2, 0) is 5.41 Å². The topological polar surface area (TPSA) is 28.7 Å². The second-order valence-electron chi connectivity index (χ2n) is 4.73. The van der Waals surface area contributed by atoms with Crippen LogP contribution in [0.5, 0.6) is 0 Å². The molecule has 13 heavy (non-hydrogen) atoms. The number of nitrogens with zero attached hydrogens (tertiary/aromatic N) is 1. The number of aromatic nitrogens is 2. The van der Waals surface area contributed by atoms with Gasteiger partial charge in [0.2, 0.25) is 0 Å². The van der Waals surface area contributed by atoms with Gasteiger partial charge in [-0.25, -0.2) is 4.98 Å². The molecule has 2 atom stereocenters. The molecule has 0 aliphatic heterocycles. The number of hydrogen-bond donors (Lipinski definition) is 1. The molecular weight excluding hydrogens is 160 g/mol. The molecule has 2 rings (SSSR count). The van der Waals surface area contributed by atoms with E-state index in [1.807, 2.05) is 6.20 Å². The fourth-order valence-corrected chi connectivity index (χ4v) is 2.64. The lowest BCUT2D eigenvalue weighted by molar-refractivity contribution is 0.247. The summed E-state index contributed by atoms with van der Waals surface area (Å²) in [4.78, 5) is 7.37. The van der Waals surface area contributed by atoms with Crippen molar-refractivity contribution in [1.82, 2.24) is 9.97 Å². The zero-order valence-corrected chi connectivity index (χ0v) is 8.51. The summed E-state index contributed by atoms with van der Waals surface area (Å²) in [5.41, 5.74) is 1.67. The van der Waals surface area contributed by atoms with E-state index >= 15 is 0 Å². The molecule has 0 saturated heterocycles. The third kappa shape index (κ3) is 1.62. The first-order valence-electron chi connectivity index (χ1n) is 5.19. The van der Waals surface area contributed by atoms with Gasteiger partial charge in [-0.1, -0.05) is 26.7 Å². The minimum absolute atomic E-state index is 0.355. The van der Waals surface area contributed by atoms with Crippen molar-refractivity contribution in [3.05, 3.63) is 18.2 Å². The van der Waals surface area contributed by atoms with Gasteiger partial charge in [-0.15, -0.1) is 0 Å². The van der Waals surface area contributed by atoms with Crippen molar-refractivity contribution in [3.63, 3.8) is 0 Å². The van der Waals surface area contributed by atoms with Crippen LogP contribution in [-0.4, -0.2) is 9.97 Å². The maximum Gasteiger partial charge on any atom is 0.0921 e. The number of imidazole rings is 1.